The van der Waals surface area contributed by atoms with E-state index in [4.69, 9.17) is 11.6 Å². The Kier molecular flexibility index (Phi) is 6.52. The molecule has 0 atom stereocenters. The maximum absolute atomic E-state index is 12.6. The van der Waals surface area contributed by atoms with Crippen molar-refractivity contribution in [3.8, 4) is 0 Å². The van der Waals surface area contributed by atoms with Crippen LogP contribution in [0.4, 0.5) is 5.69 Å². The minimum atomic E-state index is -3.62. The lowest BCUT2D eigenvalue weighted by Gasteiger charge is -2.17. The molecule has 9 heteroatoms. The van der Waals surface area contributed by atoms with Crippen LogP contribution in [0.2, 0.25) is 5.02 Å². The first-order chi connectivity index (χ1) is 11.7. The summed E-state index contributed by atoms with van der Waals surface area (Å²) in [4.78, 5) is 12.6. The van der Waals surface area contributed by atoms with E-state index in [9.17, 15) is 13.2 Å². The number of benzene rings is 1. The maximum atomic E-state index is 12.6. The van der Waals surface area contributed by atoms with Gasteiger partial charge in [0.25, 0.3) is 5.91 Å². The third-order valence-corrected chi connectivity index (χ3v) is 6.73. The average molecular weight is 496 g/mol. The van der Waals surface area contributed by atoms with Crippen LogP contribution in [-0.4, -0.2) is 36.3 Å². The molecule has 0 spiro atoms. The molecule has 1 aromatic carbocycles. The van der Waals surface area contributed by atoms with Crippen LogP contribution in [0.1, 0.15) is 24.3 Å². The monoisotopic (exact) mass is 495 g/mol. The van der Waals surface area contributed by atoms with E-state index < -0.39 is 15.9 Å². The van der Waals surface area contributed by atoms with Crippen molar-refractivity contribution in [2.24, 2.45) is 7.05 Å². The number of amides is 1. The van der Waals surface area contributed by atoms with Gasteiger partial charge in [0, 0.05) is 29.9 Å². The van der Waals surface area contributed by atoms with Crippen LogP contribution >= 0.6 is 34.2 Å². The zero-order valence-corrected chi connectivity index (χ0v) is 17.8. The van der Waals surface area contributed by atoms with Crippen molar-refractivity contribution in [1.82, 2.24) is 8.87 Å². The molecular weight excluding hydrogens is 477 g/mol. The average Bonchev–Trinajstić information content (AvgIpc) is 2.94. The van der Waals surface area contributed by atoms with Gasteiger partial charge in [-0.1, -0.05) is 25.4 Å². The number of sulfonamides is 1. The number of carbonyl (C=O) groups is 1. The molecule has 0 radical (unpaired) electrons. The molecule has 6 nitrogen and oxygen atoms in total. The second-order valence-electron chi connectivity index (χ2n) is 5.34. The van der Waals surface area contributed by atoms with Crippen LogP contribution in [0.15, 0.2) is 35.4 Å². The topological polar surface area (TPSA) is 71.4 Å². The van der Waals surface area contributed by atoms with Crippen LogP contribution in [0.3, 0.4) is 0 Å². The molecule has 0 unspecified atom stereocenters. The van der Waals surface area contributed by atoms with Crippen molar-refractivity contribution in [2.75, 3.05) is 18.4 Å². The number of rotatable bonds is 6. The van der Waals surface area contributed by atoms with Crippen LogP contribution in [0.25, 0.3) is 0 Å². The van der Waals surface area contributed by atoms with Gasteiger partial charge < -0.3 is 9.88 Å². The van der Waals surface area contributed by atoms with Crippen molar-refractivity contribution in [3.05, 3.63) is 44.7 Å². The number of halogens is 2. The van der Waals surface area contributed by atoms with Gasteiger partial charge >= 0.3 is 0 Å². The number of carbonyl (C=O) groups excluding carboxylic acids is 1. The quantitative estimate of drug-likeness (QED) is 0.623. The standard InChI is InChI=1S/C16H19ClIN3O3S/c1-4-21(5-2)25(23,24)12-9-15(20(3)10-12)16(22)19-14-7-6-11(18)8-13(14)17/h6-10H,4-5H2,1-3H3,(H,19,22). The molecule has 0 bridgehead atoms. The van der Waals surface area contributed by atoms with Gasteiger partial charge in [-0.15, -0.1) is 0 Å². The summed E-state index contributed by atoms with van der Waals surface area (Å²) in [6.45, 7) is 4.29. The summed E-state index contributed by atoms with van der Waals surface area (Å²) >= 11 is 8.25. The fourth-order valence-electron chi connectivity index (χ4n) is 2.39. The summed E-state index contributed by atoms with van der Waals surface area (Å²) < 4.78 is 29.0. The third-order valence-electron chi connectivity index (χ3n) is 3.74. The Labute approximate surface area is 166 Å². The Balaban J connectivity index is 2.32. The first-order valence-corrected chi connectivity index (χ1v) is 10.5. The van der Waals surface area contributed by atoms with E-state index in [1.807, 2.05) is 6.07 Å². The number of aryl methyl sites for hydroxylation is 1. The molecule has 2 rings (SSSR count). The molecule has 0 aliphatic carbocycles. The maximum Gasteiger partial charge on any atom is 0.272 e. The Hall–Kier alpha value is -1.10. The lowest BCUT2D eigenvalue weighted by Crippen LogP contribution is -2.30. The molecule has 136 valence electrons. The molecule has 0 aliphatic heterocycles. The molecule has 1 aromatic heterocycles. The number of anilines is 1. The van der Waals surface area contributed by atoms with E-state index in [0.29, 0.717) is 23.8 Å². The summed E-state index contributed by atoms with van der Waals surface area (Å²) in [5.74, 6) is -0.424. The Bertz CT molecular complexity index is 892. The van der Waals surface area contributed by atoms with Gasteiger partial charge in [-0.25, -0.2) is 8.42 Å². The van der Waals surface area contributed by atoms with Gasteiger partial charge in [0.05, 0.1) is 10.7 Å². The molecule has 25 heavy (non-hydrogen) atoms. The van der Waals surface area contributed by atoms with E-state index in [0.717, 1.165) is 3.57 Å². The SMILES string of the molecule is CCN(CC)S(=O)(=O)c1cc(C(=O)Nc2ccc(I)cc2Cl)n(C)c1. The third kappa shape index (κ3) is 4.36. The van der Waals surface area contributed by atoms with E-state index in [1.165, 1.54) is 21.1 Å². The van der Waals surface area contributed by atoms with Gasteiger partial charge in [0.2, 0.25) is 10.0 Å². The fraction of sp³-hybridized carbons (Fsp3) is 0.312. The zero-order valence-electron chi connectivity index (χ0n) is 14.1. The minimum Gasteiger partial charge on any atom is -0.345 e. The highest BCUT2D eigenvalue weighted by atomic mass is 127. The van der Waals surface area contributed by atoms with Crippen molar-refractivity contribution < 1.29 is 13.2 Å². The lowest BCUT2D eigenvalue weighted by molar-refractivity contribution is 0.101. The van der Waals surface area contributed by atoms with Gasteiger partial charge in [0.15, 0.2) is 0 Å². The smallest absolute Gasteiger partial charge is 0.272 e. The molecule has 1 N–H and O–H groups in total. The number of nitrogens with zero attached hydrogens (tertiary/aromatic N) is 2. The van der Waals surface area contributed by atoms with Crippen LogP contribution in [0.5, 0.6) is 0 Å². The molecule has 1 heterocycles. The minimum absolute atomic E-state index is 0.0950. The number of nitrogens with one attached hydrogen (secondary N) is 1. The molecule has 2 aromatic rings. The highest BCUT2D eigenvalue weighted by Crippen LogP contribution is 2.25. The first kappa shape index (κ1) is 20.2. The largest absolute Gasteiger partial charge is 0.345 e. The number of aromatic nitrogens is 1. The Morgan fingerprint density at radius 1 is 1.28 bits per heavy atom. The molecule has 0 saturated carbocycles. The highest BCUT2D eigenvalue weighted by molar-refractivity contribution is 14.1. The van der Waals surface area contributed by atoms with Gasteiger partial charge in [-0.2, -0.15) is 4.31 Å². The van der Waals surface area contributed by atoms with Crippen molar-refractivity contribution in [2.45, 2.75) is 18.7 Å². The zero-order chi connectivity index (χ0) is 18.8. The van der Waals surface area contributed by atoms with Gasteiger partial charge in [0.1, 0.15) is 10.6 Å². The summed E-state index contributed by atoms with van der Waals surface area (Å²) in [6.07, 6.45) is 1.44. The summed E-state index contributed by atoms with van der Waals surface area (Å²) in [6, 6.07) is 6.64. The highest BCUT2D eigenvalue weighted by Gasteiger charge is 2.25. The molecular formula is C16H19ClIN3O3S. The summed E-state index contributed by atoms with van der Waals surface area (Å²) in [5.41, 5.74) is 0.710. The lowest BCUT2D eigenvalue weighted by atomic mass is 10.3. The Morgan fingerprint density at radius 2 is 1.92 bits per heavy atom. The van der Waals surface area contributed by atoms with E-state index >= 15 is 0 Å². The van der Waals surface area contributed by atoms with E-state index in [-0.39, 0.29) is 10.6 Å². The van der Waals surface area contributed by atoms with Crippen LogP contribution < -0.4 is 5.32 Å². The predicted molar refractivity (Wildman–Crippen MR) is 108 cm³/mol. The van der Waals surface area contributed by atoms with E-state index in [2.05, 4.69) is 27.9 Å². The summed E-state index contributed by atoms with van der Waals surface area (Å²) in [5, 5.41) is 3.13. The number of hydrogen-bond acceptors (Lipinski definition) is 3. The van der Waals surface area contributed by atoms with Crippen molar-refractivity contribution in [1.29, 1.82) is 0 Å². The molecule has 0 fully saturated rings. The summed E-state index contributed by atoms with van der Waals surface area (Å²) in [7, 11) is -1.99. The van der Waals surface area contributed by atoms with Crippen LogP contribution in [-0.2, 0) is 17.1 Å². The molecule has 0 aliphatic rings. The van der Waals surface area contributed by atoms with Crippen molar-refractivity contribution >= 4 is 55.8 Å². The second kappa shape index (κ2) is 8.07. The van der Waals surface area contributed by atoms with Crippen LogP contribution in [0, 0.1) is 3.57 Å². The normalized spacial score (nSPS) is 11.8. The first-order valence-electron chi connectivity index (χ1n) is 7.63. The second-order valence-corrected chi connectivity index (χ2v) is 8.93. The molecule has 1 amide bonds. The predicted octanol–water partition coefficient (Wildman–Crippen LogP) is 3.57. The fourth-order valence-corrected chi connectivity index (χ4v) is 4.82. The van der Waals surface area contributed by atoms with Crippen molar-refractivity contribution in [3.63, 3.8) is 0 Å². The molecule has 0 saturated heterocycles. The van der Waals surface area contributed by atoms with Gasteiger partial charge in [-0.3, -0.25) is 4.79 Å². The van der Waals surface area contributed by atoms with Gasteiger partial charge in [-0.05, 0) is 46.9 Å². The Morgan fingerprint density at radius 3 is 2.48 bits per heavy atom. The van der Waals surface area contributed by atoms with E-state index in [1.54, 1.807) is 33.0 Å². The number of hydrogen-bond donors (Lipinski definition) is 1.